The van der Waals surface area contributed by atoms with Gasteiger partial charge in [0.05, 0.1) is 17.0 Å². The molecule has 2 heterocycles. The predicted molar refractivity (Wildman–Crippen MR) is 109 cm³/mol. The van der Waals surface area contributed by atoms with Crippen LogP contribution >= 0.6 is 11.3 Å². The standard InChI is InChI=1S/C19H22N4O3S2/c1-14-3-4-17(11-15(14)2)28(25,26)23-8-6-22(7-9-23)13-18(24)21-19-16(12-20)5-10-27-19/h3-5,10-11H,6-9,13H2,1-2H3,(H,21,24). The van der Waals surface area contributed by atoms with Gasteiger partial charge in [-0.25, -0.2) is 8.42 Å². The topological polar surface area (TPSA) is 93.5 Å². The zero-order chi connectivity index (χ0) is 20.3. The number of nitrogens with one attached hydrogen (secondary N) is 1. The van der Waals surface area contributed by atoms with Gasteiger partial charge in [0.1, 0.15) is 11.1 Å². The second-order valence-electron chi connectivity index (χ2n) is 6.75. The van der Waals surface area contributed by atoms with E-state index in [1.54, 1.807) is 23.6 Å². The molecular weight excluding hydrogens is 396 g/mol. The average molecular weight is 419 g/mol. The zero-order valence-electron chi connectivity index (χ0n) is 15.8. The fourth-order valence-electron chi connectivity index (χ4n) is 3.01. The number of hydrogen-bond donors (Lipinski definition) is 1. The van der Waals surface area contributed by atoms with Crippen LogP contribution in [0.3, 0.4) is 0 Å². The number of aryl methyl sites for hydroxylation is 2. The Balaban J connectivity index is 1.57. The molecule has 1 aromatic heterocycles. The Morgan fingerprint density at radius 2 is 1.89 bits per heavy atom. The van der Waals surface area contributed by atoms with Crippen molar-refractivity contribution in [2.75, 3.05) is 38.0 Å². The molecule has 148 valence electrons. The normalized spacial score (nSPS) is 15.9. The van der Waals surface area contributed by atoms with Gasteiger partial charge in [-0.3, -0.25) is 9.69 Å². The summed E-state index contributed by atoms with van der Waals surface area (Å²) < 4.78 is 27.2. The van der Waals surface area contributed by atoms with Crippen LogP contribution in [0.1, 0.15) is 16.7 Å². The first kappa shape index (κ1) is 20.5. The molecule has 1 saturated heterocycles. The molecule has 0 unspecified atom stereocenters. The first-order valence-corrected chi connectivity index (χ1v) is 11.2. The number of rotatable bonds is 5. The highest BCUT2D eigenvalue weighted by Crippen LogP contribution is 2.23. The van der Waals surface area contributed by atoms with E-state index in [0.29, 0.717) is 41.6 Å². The summed E-state index contributed by atoms with van der Waals surface area (Å²) in [6.07, 6.45) is 0. The molecule has 0 bridgehead atoms. The van der Waals surface area contributed by atoms with Crippen molar-refractivity contribution in [2.45, 2.75) is 18.7 Å². The SMILES string of the molecule is Cc1ccc(S(=O)(=O)N2CCN(CC(=O)Nc3sccc3C#N)CC2)cc1C. The van der Waals surface area contributed by atoms with Gasteiger partial charge < -0.3 is 5.32 Å². The van der Waals surface area contributed by atoms with E-state index in [2.05, 4.69) is 5.32 Å². The maximum absolute atomic E-state index is 12.9. The van der Waals surface area contributed by atoms with Gasteiger partial charge in [0.25, 0.3) is 0 Å². The van der Waals surface area contributed by atoms with Crippen molar-refractivity contribution in [3.63, 3.8) is 0 Å². The van der Waals surface area contributed by atoms with Crippen LogP contribution in [0.25, 0.3) is 0 Å². The van der Waals surface area contributed by atoms with Gasteiger partial charge in [0.15, 0.2) is 0 Å². The Morgan fingerprint density at radius 3 is 2.54 bits per heavy atom. The van der Waals surface area contributed by atoms with E-state index in [1.807, 2.05) is 30.9 Å². The number of benzene rings is 1. The summed E-state index contributed by atoms with van der Waals surface area (Å²) in [5.74, 6) is -0.204. The number of thiophene rings is 1. The maximum atomic E-state index is 12.9. The van der Waals surface area contributed by atoms with Crippen LogP contribution in [-0.2, 0) is 14.8 Å². The maximum Gasteiger partial charge on any atom is 0.243 e. The van der Waals surface area contributed by atoms with Crippen molar-refractivity contribution < 1.29 is 13.2 Å². The molecule has 3 rings (SSSR count). The van der Waals surface area contributed by atoms with E-state index in [-0.39, 0.29) is 12.5 Å². The number of hydrogen-bond acceptors (Lipinski definition) is 6. The minimum atomic E-state index is -3.53. The van der Waals surface area contributed by atoms with Crippen molar-refractivity contribution in [1.29, 1.82) is 5.26 Å². The van der Waals surface area contributed by atoms with Crippen LogP contribution in [0.4, 0.5) is 5.00 Å². The Bertz CT molecular complexity index is 1020. The Morgan fingerprint density at radius 1 is 1.18 bits per heavy atom. The van der Waals surface area contributed by atoms with E-state index in [1.165, 1.54) is 15.6 Å². The van der Waals surface area contributed by atoms with Crippen molar-refractivity contribution in [2.24, 2.45) is 0 Å². The largest absolute Gasteiger partial charge is 0.315 e. The lowest BCUT2D eigenvalue weighted by atomic mass is 10.1. The Hall–Kier alpha value is -2.25. The molecule has 2 aromatic rings. The molecule has 1 N–H and O–H groups in total. The van der Waals surface area contributed by atoms with Crippen molar-refractivity contribution in [3.05, 3.63) is 46.3 Å². The molecule has 1 amide bonds. The predicted octanol–water partition coefficient (Wildman–Crippen LogP) is 2.18. The van der Waals surface area contributed by atoms with Gasteiger partial charge >= 0.3 is 0 Å². The summed E-state index contributed by atoms with van der Waals surface area (Å²) in [4.78, 5) is 14.5. The number of carbonyl (C=O) groups is 1. The quantitative estimate of drug-likeness (QED) is 0.803. The zero-order valence-corrected chi connectivity index (χ0v) is 17.4. The number of sulfonamides is 1. The summed E-state index contributed by atoms with van der Waals surface area (Å²) in [5, 5.41) is 14.1. The number of carbonyl (C=O) groups excluding carboxylic acids is 1. The first-order valence-electron chi connectivity index (χ1n) is 8.88. The van der Waals surface area contributed by atoms with Crippen molar-refractivity contribution in [3.8, 4) is 6.07 Å². The number of anilines is 1. The lowest BCUT2D eigenvalue weighted by Gasteiger charge is -2.33. The lowest BCUT2D eigenvalue weighted by molar-refractivity contribution is -0.117. The van der Waals surface area contributed by atoms with Crippen LogP contribution in [-0.4, -0.2) is 56.3 Å². The third-order valence-corrected chi connectivity index (χ3v) is 7.58. The summed E-state index contributed by atoms with van der Waals surface area (Å²) >= 11 is 1.31. The van der Waals surface area contributed by atoms with E-state index in [4.69, 9.17) is 5.26 Å². The van der Waals surface area contributed by atoms with Gasteiger partial charge in [-0.2, -0.15) is 9.57 Å². The number of nitrogens with zero attached hydrogens (tertiary/aromatic N) is 3. The molecule has 28 heavy (non-hydrogen) atoms. The monoisotopic (exact) mass is 418 g/mol. The summed E-state index contributed by atoms with van der Waals surface area (Å²) in [6.45, 7) is 5.65. The van der Waals surface area contributed by atoms with Gasteiger partial charge in [0.2, 0.25) is 15.9 Å². The number of nitriles is 1. The molecule has 0 saturated carbocycles. The summed E-state index contributed by atoms with van der Waals surface area (Å²) in [7, 11) is -3.53. The fourth-order valence-corrected chi connectivity index (χ4v) is 5.28. The minimum absolute atomic E-state index is 0.167. The van der Waals surface area contributed by atoms with Gasteiger partial charge in [-0.05, 0) is 48.6 Å². The van der Waals surface area contributed by atoms with E-state index >= 15 is 0 Å². The van der Waals surface area contributed by atoms with E-state index in [9.17, 15) is 13.2 Å². The van der Waals surface area contributed by atoms with Crippen LogP contribution in [0.15, 0.2) is 34.5 Å². The third kappa shape index (κ3) is 4.42. The summed E-state index contributed by atoms with van der Waals surface area (Å²) in [6, 6.07) is 8.88. The molecule has 1 aliphatic heterocycles. The molecular formula is C19H22N4O3S2. The van der Waals surface area contributed by atoms with Crippen molar-refractivity contribution in [1.82, 2.24) is 9.21 Å². The molecule has 9 heteroatoms. The Kier molecular flexibility index (Phi) is 6.15. The molecule has 0 radical (unpaired) electrons. The second kappa shape index (κ2) is 8.41. The minimum Gasteiger partial charge on any atom is -0.315 e. The molecule has 0 aliphatic carbocycles. The molecule has 0 atom stereocenters. The molecule has 1 aromatic carbocycles. The van der Waals surface area contributed by atoms with E-state index < -0.39 is 10.0 Å². The lowest BCUT2D eigenvalue weighted by Crippen LogP contribution is -2.50. The summed E-state index contributed by atoms with van der Waals surface area (Å²) in [5.41, 5.74) is 2.45. The van der Waals surface area contributed by atoms with Gasteiger partial charge in [-0.15, -0.1) is 11.3 Å². The van der Waals surface area contributed by atoms with Crippen molar-refractivity contribution >= 4 is 32.3 Å². The second-order valence-corrected chi connectivity index (χ2v) is 9.60. The van der Waals surface area contributed by atoms with Crippen LogP contribution in [0.2, 0.25) is 0 Å². The van der Waals surface area contributed by atoms with E-state index in [0.717, 1.165) is 11.1 Å². The number of amides is 1. The van der Waals surface area contributed by atoms with Gasteiger partial charge in [-0.1, -0.05) is 6.07 Å². The Labute approximate surface area is 169 Å². The van der Waals surface area contributed by atoms with Crippen LogP contribution in [0.5, 0.6) is 0 Å². The highest BCUT2D eigenvalue weighted by atomic mass is 32.2. The fraction of sp³-hybridized carbons (Fsp3) is 0.368. The third-order valence-electron chi connectivity index (χ3n) is 4.85. The highest BCUT2D eigenvalue weighted by Gasteiger charge is 2.29. The van der Waals surface area contributed by atoms with Gasteiger partial charge in [0, 0.05) is 26.2 Å². The first-order chi connectivity index (χ1) is 13.3. The number of piperazine rings is 1. The molecule has 1 fully saturated rings. The molecule has 1 aliphatic rings. The molecule has 0 spiro atoms. The smallest absolute Gasteiger partial charge is 0.243 e. The highest BCUT2D eigenvalue weighted by molar-refractivity contribution is 7.89. The average Bonchev–Trinajstić information content (AvgIpc) is 3.11. The van der Waals surface area contributed by atoms with Crippen LogP contribution in [0, 0.1) is 25.2 Å². The molecule has 7 nitrogen and oxygen atoms in total. The van der Waals surface area contributed by atoms with Crippen LogP contribution < -0.4 is 5.32 Å².